The average Bonchev–Trinajstić information content (AvgIpc) is 2.91. The Hall–Kier alpha value is -1.21. The van der Waals surface area contributed by atoms with Crippen molar-refractivity contribution < 1.29 is 9.18 Å². The van der Waals surface area contributed by atoms with Crippen molar-refractivity contribution in [3.63, 3.8) is 0 Å². The van der Waals surface area contributed by atoms with E-state index in [1.54, 1.807) is 0 Å². The van der Waals surface area contributed by atoms with Crippen LogP contribution in [-0.4, -0.2) is 17.1 Å². The molecule has 3 N–H and O–H groups in total. The lowest BCUT2D eigenvalue weighted by atomic mass is 10.2. The first kappa shape index (κ1) is 15.2. The number of thiocarbonyl (C=S) groups is 1. The van der Waals surface area contributed by atoms with E-state index in [0.717, 1.165) is 12.8 Å². The van der Waals surface area contributed by atoms with E-state index in [1.165, 1.54) is 31.0 Å². The predicted octanol–water partition coefficient (Wildman–Crippen LogP) is 2.64. The fraction of sp³-hybridized carbons (Fsp3) is 0.385. The highest BCUT2D eigenvalue weighted by Crippen LogP contribution is 2.17. The molecule has 108 valence electrons. The summed E-state index contributed by atoms with van der Waals surface area (Å²) in [6, 6.07) is 4.54. The zero-order chi connectivity index (χ0) is 14.5. The molecule has 0 bridgehead atoms. The van der Waals surface area contributed by atoms with Gasteiger partial charge in [-0.2, -0.15) is 0 Å². The third kappa shape index (κ3) is 4.14. The summed E-state index contributed by atoms with van der Waals surface area (Å²) in [6.07, 6.45) is 4.54. The van der Waals surface area contributed by atoms with Gasteiger partial charge in [0.15, 0.2) is 5.11 Å². The maximum atomic E-state index is 13.5. The van der Waals surface area contributed by atoms with Gasteiger partial charge in [-0.25, -0.2) is 4.39 Å². The van der Waals surface area contributed by atoms with Crippen LogP contribution in [0, 0.1) is 5.82 Å². The zero-order valence-corrected chi connectivity index (χ0v) is 13.1. The van der Waals surface area contributed by atoms with Crippen molar-refractivity contribution in [2.75, 3.05) is 0 Å². The number of hydrogen-bond acceptors (Lipinski definition) is 2. The van der Waals surface area contributed by atoms with Crippen molar-refractivity contribution >= 4 is 39.2 Å². The summed E-state index contributed by atoms with van der Waals surface area (Å²) in [6.45, 7) is 0. The second kappa shape index (κ2) is 6.99. The quantitative estimate of drug-likeness (QED) is 0.561. The molecule has 0 aromatic heterocycles. The summed E-state index contributed by atoms with van der Waals surface area (Å²) >= 11 is 8.28. The van der Waals surface area contributed by atoms with Crippen LogP contribution in [0.4, 0.5) is 4.39 Å². The summed E-state index contributed by atoms with van der Waals surface area (Å²) in [5.74, 6) is -1.15. The maximum absolute atomic E-state index is 13.5. The van der Waals surface area contributed by atoms with Gasteiger partial charge in [0.25, 0.3) is 5.91 Å². The lowest BCUT2D eigenvalue weighted by Gasteiger charge is -2.16. The molecule has 1 saturated carbocycles. The Morgan fingerprint density at radius 1 is 1.30 bits per heavy atom. The fourth-order valence-electron chi connectivity index (χ4n) is 2.14. The first-order chi connectivity index (χ1) is 9.56. The molecule has 0 saturated heterocycles. The Morgan fingerprint density at radius 2 is 2.00 bits per heavy atom. The summed E-state index contributed by atoms with van der Waals surface area (Å²) in [5, 5.41) is 3.46. The Morgan fingerprint density at radius 3 is 2.70 bits per heavy atom. The number of nitrogens with one attached hydrogen (secondary N) is 3. The largest absolute Gasteiger partial charge is 0.359 e. The summed E-state index contributed by atoms with van der Waals surface area (Å²) in [7, 11) is 0. The van der Waals surface area contributed by atoms with Crippen LogP contribution in [0.1, 0.15) is 36.0 Å². The first-order valence-electron chi connectivity index (χ1n) is 6.38. The molecule has 20 heavy (non-hydrogen) atoms. The van der Waals surface area contributed by atoms with Crippen molar-refractivity contribution in [2.45, 2.75) is 31.7 Å². The van der Waals surface area contributed by atoms with Gasteiger partial charge in [0.2, 0.25) is 0 Å². The molecule has 7 heteroatoms. The van der Waals surface area contributed by atoms with Gasteiger partial charge in [-0.1, -0.05) is 28.8 Å². The SMILES string of the molecule is O=C(NNC(=S)NC1CCCC1)c1cc(Br)ccc1F. The smallest absolute Gasteiger partial charge is 0.272 e. The van der Waals surface area contributed by atoms with E-state index in [9.17, 15) is 9.18 Å². The number of benzene rings is 1. The molecule has 0 unspecified atom stereocenters. The Bertz CT molecular complexity index is 520. The number of halogens is 2. The zero-order valence-electron chi connectivity index (χ0n) is 10.7. The van der Waals surface area contributed by atoms with Gasteiger partial charge < -0.3 is 5.32 Å². The predicted molar refractivity (Wildman–Crippen MR) is 82.7 cm³/mol. The average molecular weight is 360 g/mol. The van der Waals surface area contributed by atoms with Gasteiger partial charge >= 0.3 is 0 Å². The van der Waals surface area contributed by atoms with E-state index in [4.69, 9.17) is 12.2 Å². The number of rotatable bonds is 2. The van der Waals surface area contributed by atoms with E-state index in [0.29, 0.717) is 15.6 Å². The van der Waals surface area contributed by atoms with E-state index in [2.05, 4.69) is 32.1 Å². The van der Waals surface area contributed by atoms with Crippen LogP contribution in [0.15, 0.2) is 22.7 Å². The van der Waals surface area contributed by atoms with Crippen LogP contribution < -0.4 is 16.2 Å². The fourth-order valence-corrected chi connectivity index (χ4v) is 2.72. The highest BCUT2D eigenvalue weighted by molar-refractivity contribution is 9.10. The van der Waals surface area contributed by atoms with Crippen molar-refractivity contribution in [3.05, 3.63) is 34.1 Å². The molecule has 4 nitrogen and oxygen atoms in total. The molecule has 1 aromatic rings. The molecule has 0 aliphatic heterocycles. The topological polar surface area (TPSA) is 53.2 Å². The third-order valence-corrected chi connectivity index (χ3v) is 3.87. The van der Waals surface area contributed by atoms with E-state index < -0.39 is 11.7 Å². The Balaban J connectivity index is 1.85. The summed E-state index contributed by atoms with van der Waals surface area (Å²) < 4.78 is 14.1. The van der Waals surface area contributed by atoms with Gasteiger partial charge in [-0.05, 0) is 43.3 Å². The van der Waals surface area contributed by atoms with Crippen LogP contribution in [0.25, 0.3) is 0 Å². The Kier molecular flexibility index (Phi) is 5.31. The molecule has 0 atom stereocenters. The molecule has 0 radical (unpaired) electrons. The monoisotopic (exact) mass is 359 g/mol. The van der Waals surface area contributed by atoms with Crippen molar-refractivity contribution in [3.8, 4) is 0 Å². The number of carbonyl (C=O) groups excluding carboxylic acids is 1. The van der Waals surface area contributed by atoms with Crippen molar-refractivity contribution in [2.24, 2.45) is 0 Å². The normalized spacial score (nSPS) is 14.9. The van der Waals surface area contributed by atoms with E-state index in [-0.39, 0.29) is 5.56 Å². The maximum Gasteiger partial charge on any atom is 0.272 e. The molecule has 2 rings (SSSR count). The van der Waals surface area contributed by atoms with Gasteiger partial charge in [0.1, 0.15) is 5.82 Å². The standard InChI is InChI=1S/C13H15BrFN3OS/c14-8-5-6-11(15)10(7-8)12(19)17-18-13(20)16-9-3-1-2-4-9/h5-7,9H,1-4H2,(H,17,19)(H2,16,18,20). The summed E-state index contributed by atoms with van der Waals surface area (Å²) in [5.41, 5.74) is 4.93. The van der Waals surface area contributed by atoms with Gasteiger partial charge in [-0.15, -0.1) is 0 Å². The van der Waals surface area contributed by atoms with E-state index >= 15 is 0 Å². The van der Waals surface area contributed by atoms with Crippen LogP contribution in [0.3, 0.4) is 0 Å². The second-order valence-corrected chi connectivity index (χ2v) is 5.98. The molecule has 0 spiro atoms. The molecule has 1 aliphatic carbocycles. The number of hydrogen-bond donors (Lipinski definition) is 3. The lowest BCUT2D eigenvalue weighted by molar-refractivity contribution is 0.0939. The minimum atomic E-state index is -0.581. The van der Waals surface area contributed by atoms with Crippen LogP contribution in [0.5, 0.6) is 0 Å². The molecule has 0 heterocycles. The van der Waals surface area contributed by atoms with Gasteiger partial charge in [0, 0.05) is 10.5 Å². The molecular formula is C13H15BrFN3OS. The highest BCUT2D eigenvalue weighted by atomic mass is 79.9. The summed E-state index contributed by atoms with van der Waals surface area (Å²) in [4.78, 5) is 11.8. The number of hydrazine groups is 1. The van der Waals surface area contributed by atoms with Crippen LogP contribution >= 0.6 is 28.1 Å². The molecule has 1 amide bonds. The van der Waals surface area contributed by atoms with Gasteiger partial charge in [0.05, 0.1) is 5.56 Å². The first-order valence-corrected chi connectivity index (χ1v) is 7.58. The Labute approximate surface area is 130 Å². The molecule has 1 aromatic carbocycles. The van der Waals surface area contributed by atoms with E-state index in [1.807, 2.05) is 0 Å². The molecule has 1 fully saturated rings. The lowest BCUT2D eigenvalue weighted by Crippen LogP contribution is -2.49. The van der Waals surface area contributed by atoms with Crippen LogP contribution in [0.2, 0.25) is 0 Å². The number of amides is 1. The van der Waals surface area contributed by atoms with Crippen molar-refractivity contribution in [1.29, 1.82) is 0 Å². The second-order valence-electron chi connectivity index (χ2n) is 4.66. The minimum Gasteiger partial charge on any atom is -0.359 e. The third-order valence-electron chi connectivity index (χ3n) is 3.15. The molecule has 1 aliphatic rings. The minimum absolute atomic E-state index is 0.0458. The highest BCUT2D eigenvalue weighted by Gasteiger charge is 2.16. The van der Waals surface area contributed by atoms with Gasteiger partial charge in [-0.3, -0.25) is 15.6 Å². The van der Waals surface area contributed by atoms with Crippen molar-refractivity contribution in [1.82, 2.24) is 16.2 Å². The number of carbonyl (C=O) groups is 1. The van der Waals surface area contributed by atoms with Crippen LogP contribution in [-0.2, 0) is 0 Å². The molecular weight excluding hydrogens is 345 g/mol.